The van der Waals surface area contributed by atoms with Crippen molar-refractivity contribution in [3.63, 3.8) is 0 Å². The van der Waals surface area contributed by atoms with Crippen molar-refractivity contribution in [1.82, 2.24) is 0 Å². The van der Waals surface area contributed by atoms with Crippen LogP contribution in [0.4, 0.5) is 11.4 Å². The Hall–Kier alpha value is -3.04. The van der Waals surface area contributed by atoms with Gasteiger partial charge in [-0.3, -0.25) is 9.59 Å². The molecule has 0 aliphatic carbocycles. The Labute approximate surface area is 214 Å². The van der Waals surface area contributed by atoms with Crippen molar-refractivity contribution in [2.75, 3.05) is 31.7 Å². The van der Waals surface area contributed by atoms with Crippen molar-refractivity contribution in [2.45, 2.75) is 40.7 Å². The molecule has 0 aliphatic rings. The van der Waals surface area contributed by atoms with Crippen LogP contribution >= 0.6 is 23.2 Å². The molecular formula is C24H29Cl2N3O6. The molecule has 9 nitrogen and oxygen atoms in total. The molecule has 1 atom stereocenters. The van der Waals surface area contributed by atoms with Gasteiger partial charge in [-0.25, -0.2) is 0 Å². The first-order valence-corrected chi connectivity index (χ1v) is 11.9. The van der Waals surface area contributed by atoms with Crippen molar-refractivity contribution in [3.8, 4) is 23.0 Å². The fraction of sp³-hybridized carbons (Fsp3) is 0.417. The second-order valence-corrected chi connectivity index (χ2v) is 7.74. The predicted molar refractivity (Wildman–Crippen MR) is 135 cm³/mol. The number of benzene rings is 2. The lowest BCUT2D eigenvalue weighted by molar-refractivity contribution is -0.126. The molecule has 0 fully saturated rings. The van der Waals surface area contributed by atoms with Crippen LogP contribution in [0.3, 0.4) is 0 Å². The number of carbonyl (C=O) groups is 2. The number of amides is 1. The Morgan fingerprint density at radius 2 is 1.54 bits per heavy atom. The molecule has 0 aromatic heterocycles. The number of hydrogen-bond donors (Lipinski definition) is 1. The summed E-state index contributed by atoms with van der Waals surface area (Å²) >= 11 is 12.6. The van der Waals surface area contributed by atoms with E-state index in [1.807, 2.05) is 6.92 Å². The van der Waals surface area contributed by atoms with Crippen LogP contribution in [-0.2, 0) is 9.59 Å². The van der Waals surface area contributed by atoms with E-state index in [0.717, 1.165) is 0 Å². The Kier molecular flexibility index (Phi) is 11.1. The standard InChI is InChI=1S/C24H29Cl2N3O6/c1-6-32-15-12-18(20(26)19(13-15)33-7-2)27-24(31)21(14(5)30)29-28-17-11-10-16(25)22(34-8-3)23(17)35-9-4/h10-13,21H,6-9H2,1-5H3,(H,27,31). The lowest BCUT2D eigenvalue weighted by Gasteiger charge is -2.16. The van der Waals surface area contributed by atoms with E-state index in [2.05, 4.69) is 15.5 Å². The van der Waals surface area contributed by atoms with E-state index in [1.54, 1.807) is 45.0 Å². The number of nitrogens with one attached hydrogen (secondary N) is 1. The van der Waals surface area contributed by atoms with Gasteiger partial charge in [-0.2, -0.15) is 10.2 Å². The Morgan fingerprint density at radius 1 is 0.914 bits per heavy atom. The summed E-state index contributed by atoms with van der Waals surface area (Å²) in [4.78, 5) is 25.3. The number of hydrogen-bond acceptors (Lipinski definition) is 8. The summed E-state index contributed by atoms with van der Waals surface area (Å²) in [6.07, 6.45) is 0. The van der Waals surface area contributed by atoms with E-state index in [4.69, 9.17) is 42.1 Å². The van der Waals surface area contributed by atoms with Gasteiger partial charge in [0.2, 0.25) is 6.04 Å². The first-order valence-electron chi connectivity index (χ1n) is 11.2. The summed E-state index contributed by atoms with van der Waals surface area (Å²) in [6.45, 7) is 9.89. The number of azo groups is 1. The maximum absolute atomic E-state index is 13.0. The molecule has 35 heavy (non-hydrogen) atoms. The molecule has 2 rings (SSSR count). The van der Waals surface area contributed by atoms with E-state index in [-0.39, 0.29) is 22.1 Å². The van der Waals surface area contributed by atoms with E-state index in [0.29, 0.717) is 48.7 Å². The predicted octanol–water partition coefficient (Wildman–Crippen LogP) is 6.27. The molecule has 0 heterocycles. The molecule has 0 aliphatic heterocycles. The maximum Gasteiger partial charge on any atom is 0.258 e. The third-order valence-electron chi connectivity index (χ3n) is 4.42. The summed E-state index contributed by atoms with van der Waals surface area (Å²) in [5.41, 5.74) is 0.474. The first kappa shape index (κ1) is 28.2. The quantitative estimate of drug-likeness (QED) is 0.244. The number of halogens is 2. The number of nitrogens with zero attached hydrogens (tertiary/aromatic N) is 2. The number of Topliss-reactive ketones (excluding diaryl/α,β-unsaturated/α-hetero) is 1. The maximum atomic E-state index is 13.0. The van der Waals surface area contributed by atoms with Crippen molar-refractivity contribution in [3.05, 3.63) is 34.3 Å². The summed E-state index contributed by atoms with van der Waals surface area (Å²) in [7, 11) is 0. The van der Waals surface area contributed by atoms with Crippen molar-refractivity contribution in [1.29, 1.82) is 0 Å². The highest BCUT2D eigenvalue weighted by Gasteiger charge is 2.25. The van der Waals surface area contributed by atoms with E-state index in [9.17, 15) is 9.59 Å². The van der Waals surface area contributed by atoms with E-state index >= 15 is 0 Å². The highest BCUT2D eigenvalue weighted by atomic mass is 35.5. The second-order valence-electron chi connectivity index (χ2n) is 6.96. The topological polar surface area (TPSA) is 108 Å². The molecule has 2 aromatic rings. The van der Waals surface area contributed by atoms with Crippen LogP contribution in [0.1, 0.15) is 34.6 Å². The monoisotopic (exact) mass is 525 g/mol. The van der Waals surface area contributed by atoms with Gasteiger partial charge in [-0.1, -0.05) is 23.2 Å². The highest BCUT2D eigenvalue weighted by molar-refractivity contribution is 6.35. The molecule has 0 saturated carbocycles. The molecule has 0 spiro atoms. The van der Waals surface area contributed by atoms with Gasteiger partial charge in [-0.15, -0.1) is 0 Å². The van der Waals surface area contributed by atoms with Crippen LogP contribution in [0.15, 0.2) is 34.5 Å². The normalized spacial score (nSPS) is 11.7. The molecule has 0 bridgehead atoms. The number of anilines is 1. The Morgan fingerprint density at radius 3 is 2.14 bits per heavy atom. The lowest BCUT2D eigenvalue weighted by Crippen LogP contribution is -2.32. The molecular weight excluding hydrogens is 497 g/mol. The zero-order valence-corrected chi connectivity index (χ0v) is 21.8. The first-order chi connectivity index (χ1) is 16.8. The molecule has 11 heteroatoms. The van der Waals surface area contributed by atoms with Crippen LogP contribution in [0, 0.1) is 0 Å². The minimum Gasteiger partial charge on any atom is -0.494 e. The fourth-order valence-corrected chi connectivity index (χ4v) is 3.40. The molecule has 0 radical (unpaired) electrons. The number of ether oxygens (including phenoxy) is 4. The second kappa shape index (κ2) is 13.7. The van der Waals surface area contributed by atoms with Gasteiger partial charge in [0.05, 0.1) is 37.1 Å². The Bertz CT molecular complexity index is 1080. The molecule has 1 N–H and O–H groups in total. The van der Waals surface area contributed by atoms with Crippen LogP contribution in [0.5, 0.6) is 23.0 Å². The van der Waals surface area contributed by atoms with Gasteiger partial charge in [0.15, 0.2) is 17.3 Å². The van der Waals surface area contributed by atoms with Crippen molar-refractivity contribution >= 4 is 46.3 Å². The Balaban J connectivity index is 2.39. The van der Waals surface area contributed by atoms with Crippen LogP contribution in [0.2, 0.25) is 10.0 Å². The van der Waals surface area contributed by atoms with Gasteiger partial charge in [0.25, 0.3) is 5.91 Å². The van der Waals surface area contributed by atoms with Gasteiger partial charge < -0.3 is 24.3 Å². The van der Waals surface area contributed by atoms with Crippen LogP contribution < -0.4 is 24.3 Å². The third kappa shape index (κ3) is 7.47. The zero-order valence-electron chi connectivity index (χ0n) is 20.3. The lowest BCUT2D eigenvalue weighted by atomic mass is 10.2. The number of carbonyl (C=O) groups excluding carboxylic acids is 2. The van der Waals surface area contributed by atoms with E-state index in [1.165, 1.54) is 6.92 Å². The highest BCUT2D eigenvalue weighted by Crippen LogP contribution is 2.43. The average molecular weight is 526 g/mol. The molecule has 2 aromatic carbocycles. The summed E-state index contributed by atoms with van der Waals surface area (Å²) in [5.74, 6) is 0.105. The van der Waals surface area contributed by atoms with Gasteiger partial charge in [0, 0.05) is 12.1 Å². The van der Waals surface area contributed by atoms with Crippen LogP contribution in [-0.4, -0.2) is 44.2 Å². The summed E-state index contributed by atoms with van der Waals surface area (Å²) in [5, 5.41) is 11.2. The zero-order chi connectivity index (χ0) is 26.0. The third-order valence-corrected chi connectivity index (χ3v) is 5.10. The SMILES string of the molecule is CCOc1cc(NC(=O)C(N=Nc2ccc(Cl)c(OCC)c2OCC)C(C)=O)c(Cl)c(OCC)c1. The van der Waals surface area contributed by atoms with Gasteiger partial charge in [0.1, 0.15) is 22.2 Å². The summed E-state index contributed by atoms with van der Waals surface area (Å²) in [6, 6.07) is 4.85. The number of rotatable bonds is 13. The molecule has 1 unspecified atom stereocenters. The number of ketones is 1. The molecule has 0 saturated heterocycles. The average Bonchev–Trinajstić information content (AvgIpc) is 2.80. The minimum atomic E-state index is -1.45. The largest absolute Gasteiger partial charge is 0.494 e. The smallest absolute Gasteiger partial charge is 0.258 e. The fourth-order valence-electron chi connectivity index (χ4n) is 2.98. The van der Waals surface area contributed by atoms with Gasteiger partial charge >= 0.3 is 0 Å². The van der Waals surface area contributed by atoms with Gasteiger partial charge in [-0.05, 0) is 46.8 Å². The van der Waals surface area contributed by atoms with Crippen LogP contribution in [0.25, 0.3) is 0 Å². The molecule has 190 valence electrons. The minimum absolute atomic E-state index is 0.167. The van der Waals surface area contributed by atoms with Crippen molar-refractivity contribution in [2.24, 2.45) is 10.2 Å². The molecule has 1 amide bonds. The van der Waals surface area contributed by atoms with Crippen molar-refractivity contribution < 1.29 is 28.5 Å². The summed E-state index contributed by atoms with van der Waals surface area (Å²) < 4.78 is 22.3. The van der Waals surface area contributed by atoms with E-state index < -0.39 is 17.7 Å².